The average molecular weight is 301 g/mol. The minimum absolute atomic E-state index is 0.557. The SMILES string of the molecule is [CH3][Sn]([CH3])([CH3])[c]1cncc(NC(=O)O)c1. The molecule has 0 radical (unpaired) electrons. The van der Waals surface area contributed by atoms with Gasteiger partial charge in [-0.3, -0.25) is 0 Å². The van der Waals surface area contributed by atoms with Crippen LogP contribution in [0.2, 0.25) is 14.8 Å². The maximum absolute atomic E-state index is 10.4. The molecular formula is C9H14N2O2Sn. The molecule has 1 heterocycles. The van der Waals surface area contributed by atoms with Crippen molar-refractivity contribution in [2.45, 2.75) is 14.8 Å². The molecule has 0 bridgehead atoms. The van der Waals surface area contributed by atoms with Crippen LogP contribution in [0.25, 0.3) is 0 Å². The quantitative estimate of drug-likeness (QED) is 0.818. The van der Waals surface area contributed by atoms with E-state index in [2.05, 4.69) is 25.1 Å². The van der Waals surface area contributed by atoms with Crippen LogP contribution < -0.4 is 8.90 Å². The fourth-order valence-corrected chi connectivity index (χ4v) is 4.04. The molecule has 2 N–H and O–H groups in total. The standard InChI is InChI=1S/C6H5N2O2.3CH3.Sn/c9-6(10)8-5-2-1-3-7-4-5;;;;/h2-4,8H,(H,9,10);3*1H3;. The zero-order valence-corrected chi connectivity index (χ0v) is 11.4. The molecule has 4 nitrogen and oxygen atoms in total. The van der Waals surface area contributed by atoms with Gasteiger partial charge in [-0.2, -0.15) is 0 Å². The molecule has 1 aromatic heterocycles. The minimum atomic E-state index is -2.12. The fourth-order valence-electron chi connectivity index (χ4n) is 1.04. The summed E-state index contributed by atoms with van der Waals surface area (Å²) in [4.78, 5) is 21.2. The Morgan fingerprint density at radius 2 is 2.07 bits per heavy atom. The van der Waals surface area contributed by atoms with Crippen molar-refractivity contribution in [3.8, 4) is 0 Å². The molecular weight excluding hydrogens is 287 g/mol. The Bertz CT molecular complexity index is 347. The zero-order chi connectivity index (χ0) is 10.8. The predicted molar refractivity (Wildman–Crippen MR) is 58.9 cm³/mol. The number of hydrogen-bond acceptors (Lipinski definition) is 2. The molecule has 0 aliphatic heterocycles. The van der Waals surface area contributed by atoms with Crippen LogP contribution in [0.15, 0.2) is 18.5 Å². The fraction of sp³-hybridized carbons (Fsp3) is 0.333. The van der Waals surface area contributed by atoms with Gasteiger partial charge in [0.2, 0.25) is 0 Å². The van der Waals surface area contributed by atoms with Crippen LogP contribution >= 0.6 is 0 Å². The van der Waals surface area contributed by atoms with Gasteiger partial charge >= 0.3 is 87.2 Å². The summed E-state index contributed by atoms with van der Waals surface area (Å²) in [6, 6.07) is 1.89. The van der Waals surface area contributed by atoms with Crippen molar-refractivity contribution in [2.75, 3.05) is 5.32 Å². The second-order valence-corrected chi connectivity index (χ2v) is 18.6. The number of anilines is 1. The van der Waals surface area contributed by atoms with E-state index in [1.807, 2.05) is 12.3 Å². The number of amides is 1. The summed E-state index contributed by atoms with van der Waals surface area (Å²) in [5, 5.41) is 10.8. The van der Waals surface area contributed by atoms with Gasteiger partial charge < -0.3 is 0 Å². The predicted octanol–water partition coefficient (Wildman–Crippen LogP) is 1.72. The van der Waals surface area contributed by atoms with Gasteiger partial charge in [0.1, 0.15) is 0 Å². The number of carboxylic acid groups (broad SMARTS) is 1. The van der Waals surface area contributed by atoms with Gasteiger partial charge in [0.15, 0.2) is 0 Å². The summed E-state index contributed by atoms with van der Waals surface area (Å²) in [6.45, 7) is 0. The summed E-state index contributed by atoms with van der Waals surface area (Å²) in [5.41, 5.74) is 0.557. The van der Waals surface area contributed by atoms with Gasteiger partial charge in [-0.1, -0.05) is 0 Å². The van der Waals surface area contributed by atoms with E-state index in [0.717, 1.165) is 0 Å². The van der Waals surface area contributed by atoms with Crippen LogP contribution in [0, 0.1) is 0 Å². The van der Waals surface area contributed by atoms with Crippen molar-refractivity contribution in [3.63, 3.8) is 0 Å². The van der Waals surface area contributed by atoms with E-state index in [4.69, 9.17) is 5.11 Å². The van der Waals surface area contributed by atoms with Gasteiger partial charge in [0.25, 0.3) is 0 Å². The van der Waals surface area contributed by atoms with Crippen molar-refractivity contribution in [3.05, 3.63) is 18.5 Å². The molecule has 14 heavy (non-hydrogen) atoms. The molecule has 5 heteroatoms. The molecule has 0 aliphatic carbocycles. The Hall–Kier alpha value is -0.781. The van der Waals surface area contributed by atoms with Crippen LogP contribution in [0.3, 0.4) is 0 Å². The zero-order valence-electron chi connectivity index (χ0n) is 8.53. The Morgan fingerprint density at radius 3 is 2.57 bits per heavy atom. The first kappa shape index (κ1) is 11.3. The van der Waals surface area contributed by atoms with E-state index in [0.29, 0.717) is 5.69 Å². The summed E-state index contributed by atoms with van der Waals surface area (Å²) >= 11 is -2.12. The number of pyridine rings is 1. The number of hydrogen-bond donors (Lipinski definition) is 2. The number of aromatic nitrogens is 1. The monoisotopic (exact) mass is 302 g/mol. The van der Waals surface area contributed by atoms with Crippen molar-refractivity contribution < 1.29 is 9.90 Å². The van der Waals surface area contributed by atoms with E-state index in [-0.39, 0.29) is 0 Å². The Morgan fingerprint density at radius 1 is 1.43 bits per heavy atom. The molecule has 1 aromatic rings. The Balaban J connectivity index is 2.95. The second kappa shape index (κ2) is 4.16. The van der Waals surface area contributed by atoms with E-state index in [1.165, 1.54) is 9.78 Å². The van der Waals surface area contributed by atoms with Crippen molar-refractivity contribution in [2.24, 2.45) is 0 Å². The molecule has 1 rings (SSSR count). The first-order valence-corrected chi connectivity index (χ1v) is 14.3. The van der Waals surface area contributed by atoms with Crippen LogP contribution in [0.4, 0.5) is 10.5 Å². The summed E-state index contributed by atoms with van der Waals surface area (Å²) in [6.07, 6.45) is 2.31. The molecule has 0 unspecified atom stereocenters. The summed E-state index contributed by atoms with van der Waals surface area (Å²) in [5.74, 6) is 0. The van der Waals surface area contributed by atoms with E-state index >= 15 is 0 Å². The van der Waals surface area contributed by atoms with Gasteiger partial charge in [-0.25, -0.2) is 0 Å². The molecule has 0 atom stereocenters. The molecule has 0 aromatic carbocycles. The van der Waals surface area contributed by atoms with Gasteiger partial charge in [-0.05, 0) is 0 Å². The van der Waals surface area contributed by atoms with Crippen LogP contribution in [0.5, 0.6) is 0 Å². The van der Waals surface area contributed by atoms with E-state index < -0.39 is 24.5 Å². The normalized spacial score (nSPS) is 11.1. The van der Waals surface area contributed by atoms with Crippen molar-refractivity contribution in [1.82, 2.24) is 4.98 Å². The molecule has 0 aliphatic rings. The first-order valence-electron chi connectivity index (χ1n) is 4.35. The summed E-state index contributed by atoms with van der Waals surface area (Å²) < 4.78 is 1.21. The van der Waals surface area contributed by atoms with Crippen LogP contribution in [-0.2, 0) is 0 Å². The number of rotatable bonds is 2. The number of nitrogens with zero attached hydrogens (tertiary/aromatic N) is 1. The van der Waals surface area contributed by atoms with Gasteiger partial charge in [-0.15, -0.1) is 0 Å². The van der Waals surface area contributed by atoms with Crippen molar-refractivity contribution in [1.29, 1.82) is 0 Å². The molecule has 0 fully saturated rings. The van der Waals surface area contributed by atoms with E-state index in [1.54, 1.807) is 0 Å². The molecule has 1 amide bonds. The van der Waals surface area contributed by atoms with Gasteiger partial charge in [0.05, 0.1) is 0 Å². The third-order valence-corrected chi connectivity index (χ3v) is 7.58. The van der Waals surface area contributed by atoms with Crippen molar-refractivity contribution >= 4 is 33.7 Å². The second-order valence-electron chi connectivity index (χ2n) is 4.14. The third-order valence-electron chi connectivity index (χ3n) is 1.86. The summed E-state index contributed by atoms with van der Waals surface area (Å²) in [7, 11) is 0. The molecule has 76 valence electrons. The molecule has 0 saturated heterocycles. The molecule has 0 saturated carbocycles. The Labute approximate surface area is 87.2 Å². The number of nitrogens with one attached hydrogen (secondary N) is 1. The van der Waals surface area contributed by atoms with Gasteiger partial charge in [0, 0.05) is 0 Å². The Kier molecular flexibility index (Phi) is 3.36. The first-order chi connectivity index (χ1) is 6.39. The van der Waals surface area contributed by atoms with E-state index in [9.17, 15) is 4.79 Å². The third kappa shape index (κ3) is 3.17. The van der Waals surface area contributed by atoms with Crippen LogP contribution in [-0.4, -0.2) is 34.6 Å². The van der Waals surface area contributed by atoms with Crippen LogP contribution in [0.1, 0.15) is 0 Å². The molecule has 0 spiro atoms. The average Bonchev–Trinajstić information content (AvgIpc) is 2.01. The topological polar surface area (TPSA) is 62.2 Å². The number of carbonyl (C=O) groups is 1. The maximum atomic E-state index is 10.4.